The zero-order valence-electron chi connectivity index (χ0n) is 12.1. The van der Waals surface area contributed by atoms with Crippen LogP contribution in [0.5, 0.6) is 0 Å². The molecule has 0 saturated carbocycles. The maximum Gasteiger partial charge on any atom is 0.104 e. The highest BCUT2D eigenvalue weighted by Gasteiger charge is 2.14. The van der Waals surface area contributed by atoms with Crippen LogP contribution in [0, 0.1) is 13.8 Å². The Hall–Kier alpha value is -1.64. The Kier molecular flexibility index (Phi) is 3.83. The number of halogens is 1. The standard InChI is InChI=1S/C19H17BrO/c1-12-4-3-5-18(13(12)2)19(21)16-7-6-15-11-17(20)9-8-14(15)10-16/h3-11,19,21H,1-2H3. The van der Waals surface area contributed by atoms with Gasteiger partial charge in [-0.3, -0.25) is 0 Å². The summed E-state index contributed by atoms with van der Waals surface area (Å²) in [6.45, 7) is 4.13. The molecule has 2 heteroatoms. The Morgan fingerprint density at radius 3 is 2.43 bits per heavy atom. The molecule has 3 aromatic rings. The molecule has 1 N–H and O–H groups in total. The minimum atomic E-state index is -0.585. The molecule has 0 saturated heterocycles. The van der Waals surface area contributed by atoms with Crippen molar-refractivity contribution in [2.75, 3.05) is 0 Å². The fourth-order valence-electron chi connectivity index (χ4n) is 2.65. The molecule has 0 bridgehead atoms. The summed E-state index contributed by atoms with van der Waals surface area (Å²) in [4.78, 5) is 0. The summed E-state index contributed by atoms with van der Waals surface area (Å²) in [6, 6.07) is 18.4. The van der Waals surface area contributed by atoms with E-state index in [-0.39, 0.29) is 0 Å². The summed E-state index contributed by atoms with van der Waals surface area (Å²) >= 11 is 3.48. The van der Waals surface area contributed by atoms with Crippen molar-refractivity contribution in [3.63, 3.8) is 0 Å². The Balaban J connectivity index is 2.07. The predicted molar refractivity (Wildman–Crippen MR) is 91.6 cm³/mol. The van der Waals surface area contributed by atoms with Crippen LogP contribution < -0.4 is 0 Å². The van der Waals surface area contributed by atoms with Gasteiger partial charge in [-0.1, -0.05) is 52.3 Å². The molecule has 1 atom stereocenters. The quantitative estimate of drug-likeness (QED) is 0.670. The van der Waals surface area contributed by atoms with E-state index in [0.29, 0.717) is 0 Å². The first kappa shape index (κ1) is 14.3. The van der Waals surface area contributed by atoms with Gasteiger partial charge in [-0.2, -0.15) is 0 Å². The highest BCUT2D eigenvalue weighted by atomic mass is 79.9. The summed E-state index contributed by atoms with van der Waals surface area (Å²) in [6.07, 6.45) is -0.585. The zero-order chi connectivity index (χ0) is 15.0. The minimum Gasteiger partial charge on any atom is -0.384 e. The van der Waals surface area contributed by atoms with Crippen molar-refractivity contribution < 1.29 is 5.11 Å². The van der Waals surface area contributed by atoms with Crippen molar-refractivity contribution in [2.24, 2.45) is 0 Å². The van der Waals surface area contributed by atoms with Gasteiger partial charge in [0, 0.05) is 4.47 Å². The van der Waals surface area contributed by atoms with Gasteiger partial charge in [0.15, 0.2) is 0 Å². The third-order valence-electron chi connectivity index (χ3n) is 4.08. The maximum absolute atomic E-state index is 10.7. The molecule has 3 rings (SSSR count). The number of fused-ring (bicyclic) bond motifs is 1. The molecule has 0 spiro atoms. The molecule has 0 aliphatic rings. The summed E-state index contributed by atoms with van der Waals surface area (Å²) in [7, 11) is 0. The van der Waals surface area contributed by atoms with Crippen LogP contribution in [0.25, 0.3) is 10.8 Å². The molecule has 0 aliphatic heterocycles. The van der Waals surface area contributed by atoms with Crippen molar-refractivity contribution in [1.29, 1.82) is 0 Å². The van der Waals surface area contributed by atoms with Crippen LogP contribution in [0.15, 0.2) is 59.1 Å². The van der Waals surface area contributed by atoms with E-state index in [2.05, 4.69) is 60.1 Å². The maximum atomic E-state index is 10.7. The SMILES string of the molecule is Cc1cccc(C(O)c2ccc3cc(Br)ccc3c2)c1C. The molecular formula is C19H17BrO. The van der Waals surface area contributed by atoms with Gasteiger partial charge in [0.2, 0.25) is 0 Å². The fourth-order valence-corrected chi connectivity index (χ4v) is 3.03. The summed E-state index contributed by atoms with van der Waals surface area (Å²) < 4.78 is 1.07. The van der Waals surface area contributed by atoms with E-state index in [1.165, 1.54) is 10.9 Å². The lowest BCUT2D eigenvalue weighted by Crippen LogP contribution is -2.03. The van der Waals surface area contributed by atoms with Crippen LogP contribution in [0.1, 0.15) is 28.4 Å². The normalized spacial score (nSPS) is 12.6. The Morgan fingerprint density at radius 2 is 1.62 bits per heavy atom. The van der Waals surface area contributed by atoms with Gasteiger partial charge in [0.05, 0.1) is 0 Å². The van der Waals surface area contributed by atoms with E-state index in [1.807, 2.05) is 24.3 Å². The van der Waals surface area contributed by atoms with Crippen LogP contribution >= 0.6 is 15.9 Å². The Morgan fingerprint density at radius 1 is 0.905 bits per heavy atom. The second-order valence-electron chi connectivity index (χ2n) is 5.44. The van der Waals surface area contributed by atoms with Crippen molar-refractivity contribution >= 4 is 26.7 Å². The number of hydrogen-bond acceptors (Lipinski definition) is 1. The minimum absolute atomic E-state index is 0.585. The van der Waals surface area contributed by atoms with Gasteiger partial charge < -0.3 is 5.11 Å². The van der Waals surface area contributed by atoms with Gasteiger partial charge in [-0.05, 0) is 65.1 Å². The Labute approximate surface area is 133 Å². The molecule has 0 aromatic heterocycles. The zero-order valence-corrected chi connectivity index (χ0v) is 13.7. The van der Waals surface area contributed by atoms with E-state index >= 15 is 0 Å². The average molecular weight is 341 g/mol. The lowest BCUT2D eigenvalue weighted by Gasteiger charge is -2.16. The third-order valence-corrected chi connectivity index (χ3v) is 4.58. The summed E-state index contributed by atoms with van der Waals surface area (Å²) in [5, 5.41) is 13.0. The van der Waals surface area contributed by atoms with Gasteiger partial charge in [0.25, 0.3) is 0 Å². The molecule has 1 nitrogen and oxygen atoms in total. The van der Waals surface area contributed by atoms with E-state index < -0.39 is 6.10 Å². The van der Waals surface area contributed by atoms with Crippen molar-refractivity contribution in [3.05, 3.63) is 81.3 Å². The van der Waals surface area contributed by atoms with Gasteiger partial charge in [0.1, 0.15) is 6.10 Å². The first-order valence-electron chi connectivity index (χ1n) is 6.99. The Bertz CT molecular complexity index is 808. The third kappa shape index (κ3) is 2.74. The lowest BCUT2D eigenvalue weighted by molar-refractivity contribution is 0.219. The fraction of sp³-hybridized carbons (Fsp3) is 0.158. The summed E-state index contributed by atoms with van der Waals surface area (Å²) in [5.74, 6) is 0. The predicted octanol–water partition coefficient (Wildman–Crippen LogP) is 5.30. The highest BCUT2D eigenvalue weighted by Crippen LogP contribution is 2.29. The van der Waals surface area contributed by atoms with Gasteiger partial charge in [-0.15, -0.1) is 0 Å². The molecule has 0 radical (unpaired) electrons. The number of aliphatic hydroxyl groups is 1. The van der Waals surface area contributed by atoms with E-state index in [1.54, 1.807) is 0 Å². The molecule has 21 heavy (non-hydrogen) atoms. The van der Waals surface area contributed by atoms with Crippen LogP contribution in [0.4, 0.5) is 0 Å². The monoisotopic (exact) mass is 340 g/mol. The van der Waals surface area contributed by atoms with E-state index in [0.717, 1.165) is 26.5 Å². The summed E-state index contributed by atoms with van der Waals surface area (Å²) in [5.41, 5.74) is 4.27. The van der Waals surface area contributed by atoms with Crippen LogP contribution in [-0.2, 0) is 0 Å². The molecule has 0 amide bonds. The average Bonchev–Trinajstić information content (AvgIpc) is 2.49. The molecule has 1 unspecified atom stereocenters. The molecule has 3 aromatic carbocycles. The topological polar surface area (TPSA) is 20.2 Å². The number of rotatable bonds is 2. The number of aryl methyl sites for hydroxylation is 1. The van der Waals surface area contributed by atoms with E-state index in [9.17, 15) is 5.11 Å². The first-order valence-corrected chi connectivity index (χ1v) is 7.79. The van der Waals surface area contributed by atoms with Crippen LogP contribution in [0.3, 0.4) is 0 Å². The van der Waals surface area contributed by atoms with Crippen molar-refractivity contribution in [1.82, 2.24) is 0 Å². The molecular weight excluding hydrogens is 324 g/mol. The number of benzene rings is 3. The molecule has 0 heterocycles. The lowest BCUT2D eigenvalue weighted by atomic mass is 9.93. The van der Waals surface area contributed by atoms with Crippen molar-refractivity contribution in [3.8, 4) is 0 Å². The first-order chi connectivity index (χ1) is 10.1. The second kappa shape index (κ2) is 5.63. The number of hydrogen-bond donors (Lipinski definition) is 1. The smallest absolute Gasteiger partial charge is 0.104 e. The number of aliphatic hydroxyl groups excluding tert-OH is 1. The van der Waals surface area contributed by atoms with Crippen LogP contribution in [0.2, 0.25) is 0 Å². The van der Waals surface area contributed by atoms with Crippen LogP contribution in [-0.4, -0.2) is 5.11 Å². The largest absolute Gasteiger partial charge is 0.384 e. The molecule has 106 valence electrons. The molecule has 0 aliphatic carbocycles. The molecule has 0 fully saturated rings. The highest BCUT2D eigenvalue weighted by molar-refractivity contribution is 9.10. The van der Waals surface area contributed by atoms with Gasteiger partial charge >= 0.3 is 0 Å². The van der Waals surface area contributed by atoms with Crippen molar-refractivity contribution in [2.45, 2.75) is 20.0 Å². The van der Waals surface area contributed by atoms with E-state index in [4.69, 9.17) is 0 Å². The second-order valence-corrected chi connectivity index (χ2v) is 6.36. The van der Waals surface area contributed by atoms with Gasteiger partial charge in [-0.25, -0.2) is 0 Å².